The number of carbonyl (C=O) groups is 2. The van der Waals surface area contributed by atoms with Gasteiger partial charge in [0.05, 0.1) is 0 Å². The van der Waals surface area contributed by atoms with Crippen LogP contribution in [0.4, 0.5) is 0 Å². The Morgan fingerprint density at radius 3 is 2.24 bits per heavy atom. The largest absolute Gasteiger partial charge is 0.505 e. The standard InChI is InChI=1S/C30H43NO3/c1-25(2)21-10-11-30(7)22(28(21,5)17-20(32)23(25)33)9-8-18-19-16-27(4,24(31)34)13-12-26(19,3)14-15-29(18,30)6/h8-9,17,19,21,32H,10-16H2,1-7H3,(H2,31,34)/t19-,21-,26+,27-,28-,29+,30+/m0/s1. The van der Waals surface area contributed by atoms with Crippen molar-refractivity contribution in [3.8, 4) is 0 Å². The van der Waals surface area contributed by atoms with E-state index < -0.39 is 10.8 Å². The number of rotatable bonds is 1. The predicted molar refractivity (Wildman–Crippen MR) is 135 cm³/mol. The van der Waals surface area contributed by atoms with Crippen LogP contribution >= 0.6 is 0 Å². The van der Waals surface area contributed by atoms with Gasteiger partial charge in [0.2, 0.25) is 11.7 Å². The van der Waals surface area contributed by atoms with Crippen LogP contribution in [-0.2, 0) is 9.59 Å². The second-order valence-electron chi connectivity index (χ2n) is 14.2. The summed E-state index contributed by atoms with van der Waals surface area (Å²) in [4.78, 5) is 25.3. The molecule has 0 unspecified atom stereocenters. The number of carbonyl (C=O) groups excluding carboxylic acids is 2. The predicted octanol–water partition coefficient (Wildman–Crippen LogP) is 6.42. The van der Waals surface area contributed by atoms with Gasteiger partial charge in [-0.05, 0) is 79.1 Å². The summed E-state index contributed by atoms with van der Waals surface area (Å²) in [5.74, 6) is 0.158. The number of nitrogens with two attached hydrogens (primary N) is 1. The summed E-state index contributed by atoms with van der Waals surface area (Å²) >= 11 is 0. The molecule has 34 heavy (non-hydrogen) atoms. The molecule has 0 saturated heterocycles. The van der Waals surface area contributed by atoms with Crippen molar-refractivity contribution in [1.29, 1.82) is 0 Å². The minimum absolute atomic E-state index is 0.0137. The van der Waals surface area contributed by atoms with Gasteiger partial charge in [-0.2, -0.15) is 0 Å². The lowest BCUT2D eigenvalue weighted by atomic mass is 9.37. The van der Waals surface area contributed by atoms with E-state index in [0.29, 0.717) is 5.92 Å². The van der Waals surface area contributed by atoms with Crippen molar-refractivity contribution >= 4 is 11.7 Å². The van der Waals surface area contributed by atoms with Gasteiger partial charge in [0.25, 0.3) is 0 Å². The first-order valence-corrected chi connectivity index (χ1v) is 13.3. The van der Waals surface area contributed by atoms with Crippen LogP contribution in [0.5, 0.6) is 0 Å². The highest BCUT2D eigenvalue weighted by Gasteiger charge is 2.66. The topological polar surface area (TPSA) is 80.4 Å². The number of aliphatic hydroxyl groups is 1. The second kappa shape index (κ2) is 6.68. The van der Waals surface area contributed by atoms with Gasteiger partial charge in [0, 0.05) is 16.2 Å². The highest BCUT2D eigenvalue weighted by Crippen LogP contribution is 2.73. The fourth-order valence-corrected chi connectivity index (χ4v) is 9.39. The molecule has 186 valence electrons. The molecule has 4 nitrogen and oxygen atoms in total. The molecule has 5 rings (SSSR count). The minimum Gasteiger partial charge on any atom is -0.505 e. The molecule has 0 heterocycles. The Morgan fingerprint density at radius 2 is 1.59 bits per heavy atom. The molecule has 4 heteroatoms. The summed E-state index contributed by atoms with van der Waals surface area (Å²) in [6.07, 6.45) is 13.6. The van der Waals surface area contributed by atoms with Gasteiger partial charge in [-0.3, -0.25) is 9.59 Å². The maximum atomic E-state index is 12.9. The Kier molecular flexibility index (Phi) is 4.69. The third-order valence-corrected chi connectivity index (χ3v) is 12.2. The van der Waals surface area contributed by atoms with Gasteiger partial charge >= 0.3 is 0 Å². The van der Waals surface area contributed by atoms with Crippen LogP contribution in [0.2, 0.25) is 0 Å². The van der Waals surface area contributed by atoms with Crippen LogP contribution in [0.3, 0.4) is 0 Å². The number of hydrogen-bond donors (Lipinski definition) is 2. The summed E-state index contributed by atoms with van der Waals surface area (Å²) in [5.41, 5.74) is 7.54. The highest BCUT2D eigenvalue weighted by molar-refractivity contribution is 5.99. The van der Waals surface area contributed by atoms with Crippen molar-refractivity contribution in [2.24, 2.45) is 50.1 Å². The first-order valence-electron chi connectivity index (χ1n) is 13.3. The molecular weight excluding hydrogens is 422 g/mol. The molecule has 0 aromatic carbocycles. The van der Waals surface area contributed by atoms with E-state index in [9.17, 15) is 14.7 Å². The lowest BCUT2D eigenvalue weighted by Gasteiger charge is -2.67. The number of aliphatic hydroxyl groups excluding tert-OH is 1. The van der Waals surface area contributed by atoms with E-state index in [4.69, 9.17) is 5.73 Å². The lowest BCUT2D eigenvalue weighted by molar-refractivity contribution is -0.137. The van der Waals surface area contributed by atoms with Crippen LogP contribution in [0.25, 0.3) is 0 Å². The average molecular weight is 466 g/mol. The molecule has 0 aliphatic heterocycles. The van der Waals surface area contributed by atoms with Gasteiger partial charge in [-0.1, -0.05) is 71.8 Å². The molecule has 1 amide bonds. The summed E-state index contributed by atoms with van der Waals surface area (Å²) < 4.78 is 0. The Bertz CT molecular complexity index is 1080. The van der Waals surface area contributed by atoms with Crippen molar-refractivity contribution in [2.45, 2.75) is 93.4 Å². The van der Waals surface area contributed by atoms with E-state index in [1.165, 1.54) is 11.1 Å². The lowest BCUT2D eigenvalue weighted by Crippen LogP contribution is -2.60. The number of ketones is 1. The molecule has 0 bridgehead atoms. The van der Waals surface area contributed by atoms with Gasteiger partial charge in [0.1, 0.15) is 0 Å². The molecular formula is C30H43NO3. The number of amides is 1. The van der Waals surface area contributed by atoms with Gasteiger partial charge in [-0.25, -0.2) is 0 Å². The summed E-state index contributed by atoms with van der Waals surface area (Å²) in [6.45, 7) is 15.6. The molecule has 5 aliphatic rings. The molecule has 3 fully saturated rings. The third kappa shape index (κ3) is 2.66. The molecule has 5 aliphatic carbocycles. The van der Waals surface area contributed by atoms with Crippen LogP contribution < -0.4 is 5.73 Å². The first kappa shape index (κ1) is 23.9. The highest BCUT2D eigenvalue weighted by atomic mass is 16.3. The van der Waals surface area contributed by atoms with Crippen molar-refractivity contribution in [1.82, 2.24) is 0 Å². The van der Waals surface area contributed by atoms with E-state index in [2.05, 4.69) is 46.8 Å². The molecule has 0 radical (unpaired) electrons. The van der Waals surface area contributed by atoms with Crippen molar-refractivity contribution in [3.05, 3.63) is 35.1 Å². The van der Waals surface area contributed by atoms with E-state index in [-0.39, 0.29) is 45.0 Å². The van der Waals surface area contributed by atoms with Crippen LogP contribution in [-0.4, -0.2) is 16.8 Å². The zero-order valence-corrected chi connectivity index (χ0v) is 22.2. The fourth-order valence-electron chi connectivity index (χ4n) is 9.39. The number of primary amides is 1. The fraction of sp³-hybridized carbons (Fsp3) is 0.733. The number of allylic oxidation sites excluding steroid dienone is 6. The quantitative estimate of drug-likeness (QED) is 0.468. The van der Waals surface area contributed by atoms with Crippen molar-refractivity contribution < 1.29 is 14.7 Å². The zero-order chi connectivity index (χ0) is 25.1. The minimum atomic E-state index is -0.585. The Hall–Kier alpha value is -1.84. The Labute approximate surface area is 205 Å². The molecule has 0 aromatic rings. The maximum absolute atomic E-state index is 12.9. The first-order chi connectivity index (χ1) is 15.6. The average Bonchev–Trinajstić information content (AvgIpc) is 2.74. The summed E-state index contributed by atoms with van der Waals surface area (Å²) in [6, 6.07) is 0. The van der Waals surface area contributed by atoms with Crippen LogP contribution in [0.1, 0.15) is 93.4 Å². The van der Waals surface area contributed by atoms with Crippen molar-refractivity contribution in [2.75, 3.05) is 0 Å². The number of fused-ring (bicyclic) bond motifs is 7. The van der Waals surface area contributed by atoms with Gasteiger partial charge in [0.15, 0.2) is 5.76 Å². The zero-order valence-electron chi connectivity index (χ0n) is 22.2. The van der Waals surface area contributed by atoms with E-state index >= 15 is 0 Å². The van der Waals surface area contributed by atoms with E-state index in [0.717, 1.165) is 44.9 Å². The third-order valence-electron chi connectivity index (χ3n) is 12.2. The van der Waals surface area contributed by atoms with Crippen molar-refractivity contribution in [3.63, 3.8) is 0 Å². The maximum Gasteiger partial charge on any atom is 0.223 e. The van der Waals surface area contributed by atoms with E-state index in [1.807, 2.05) is 19.9 Å². The monoisotopic (exact) mass is 465 g/mol. The molecule has 3 N–H and O–H groups in total. The van der Waals surface area contributed by atoms with E-state index in [1.54, 1.807) is 0 Å². The molecule has 3 saturated carbocycles. The number of hydrogen-bond acceptors (Lipinski definition) is 3. The Balaban J connectivity index is 1.67. The number of Topliss-reactive ketones (excluding diaryl/α,β-unsaturated/α-hetero) is 1. The molecule has 0 aromatic heterocycles. The van der Waals surface area contributed by atoms with Crippen LogP contribution in [0.15, 0.2) is 35.1 Å². The smallest absolute Gasteiger partial charge is 0.223 e. The van der Waals surface area contributed by atoms with Crippen LogP contribution in [0, 0.1) is 44.3 Å². The molecule has 7 atom stereocenters. The van der Waals surface area contributed by atoms with Gasteiger partial charge < -0.3 is 10.8 Å². The Morgan fingerprint density at radius 1 is 0.941 bits per heavy atom. The second-order valence-corrected chi connectivity index (χ2v) is 14.2. The van der Waals surface area contributed by atoms with Gasteiger partial charge in [-0.15, -0.1) is 0 Å². The SMILES string of the molecule is CC1(C)C(=O)C(O)=C[C@]2(C)C3=CC=C4[C@@H]5C[C@@](C)(C(N)=O)CC[C@]5(C)CC[C@@]4(C)[C@]3(C)CC[C@@H]12. The summed E-state index contributed by atoms with van der Waals surface area (Å²) in [5, 5.41) is 10.7. The summed E-state index contributed by atoms with van der Waals surface area (Å²) in [7, 11) is 0. The molecule has 0 spiro atoms. The normalized spacial score (nSPS) is 49.4.